The third kappa shape index (κ3) is 1.96. The lowest BCUT2D eigenvalue weighted by Gasteiger charge is -2.26. The highest BCUT2D eigenvalue weighted by Crippen LogP contribution is 2.27. The number of para-hydroxylation sites is 1. The molecule has 1 aliphatic heterocycles. The number of hydrogen-bond acceptors (Lipinski definition) is 2. The second-order valence-corrected chi connectivity index (χ2v) is 4.65. The Kier molecular flexibility index (Phi) is 2.87. The summed E-state index contributed by atoms with van der Waals surface area (Å²) in [6.45, 7) is 4.01. The van der Waals surface area contributed by atoms with Gasteiger partial charge in [0.05, 0.1) is 6.61 Å². The molecule has 0 amide bonds. The summed E-state index contributed by atoms with van der Waals surface area (Å²) < 4.78 is 5.15. The van der Waals surface area contributed by atoms with Crippen molar-refractivity contribution in [2.45, 2.75) is 13.0 Å². The minimum absolute atomic E-state index is 0.817. The smallest absolute Gasteiger partial charge is 0.0589 e. The summed E-state index contributed by atoms with van der Waals surface area (Å²) in [6.07, 6.45) is 1.12. The van der Waals surface area contributed by atoms with E-state index in [4.69, 9.17) is 4.74 Å². The van der Waals surface area contributed by atoms with Gasteiger partial charge >= 0.3 is 0 Å². The average Bonchev–Trinajstić information content (AvgIpc) is 2.74. The van der Waals surface area contributed by atoms with Gasteiger partial charge in [-0.2, -0.15) is 0 Å². The molecule has 2 aromatic rings. The van der Waals surface area contributed by atoms with Crippen LogP contribution in [0.5, 0.6) is 0 Å². The van der Waals surface area contributed by atoms with E-state index in [1.54, 1.807) is 7.11 Å². The van der Waals surface area contributed by atoms with Crippen molar-refractivity contribution in [3.05, 3.63) is 35.5 Å². The van der Waals surface area contributed by atoms with E-state index >= 15 is 0 Å². The molecule has 0 unspecified atom stereocenters. The minimum atomic E-state index is 0.817. The molecule has 0 atom stereocenters. The summed E-state index contributed by atoms with van der Waals surface area (Å²) in [6, 6.07) is 8.58. The van der Waals surface area contributed by atoms with Gasteiger partial charge in [-0.05, 0) is 11.6 Å². The molecule has 0 fully saturated rings. The monoisotopic (exact) mass is 230 g/mol. The van der Waals surface area contributed by atoms with E-state index in [0.717, 1.165) is 32.7 Å². The number of ether oxygens (including phenoxy) is 1. The maximum Gasteiger partial charge on any atom is 0.0589 e. The van der Waals surface area contributed by atoms with Gasteiger partial charge in [-0.1, -0.05) is 18.2 Å². The van der Waals surface area contributed by atoms with Gasteiger partial charge in [0, 0.05) is 49.8 Å². The molecule has 1 aromatic heterocycles. The van der Waals surface area contributed by atoms with E-state index in [9.17, 15) is 0 Å². The van der Waals surface area contributed by atoms with Crippen molar-refractivity contribution >= 4 is 10.9 Å². The molecule has 1 N–H and O–H groups in total. The van der Waals surface area contributed by atoms with Crippen LogP contribution in [0.25, 0.3) is 10.9 Å². The first-order chi connectivity index (χ1) is 8.38. The zero-order chi connectivity index (χ0) is 11.7. The average molecular weight is 230 g/mol. The number of nitrogens with one attached hydrogen (secondary N) is 1. The van der Waals surface area contributed by atoms with Crippen LogP contribution in [-0.2, 0) is 17.7 Å². The molecule has 0 saturated carbocycles. The molecular weight excluding hydrogens is 212 g/mol. The first kappa shape index (κ1) is 10.8. The molecular formula is C14H18N2O. The highest BCUT2D eigenvalue weighted by atomic mass is 16.5. The standard InChI is InChI=1S/C14H18N2O/c1-17-9-8-16-7-6-14-12(10-16)11-4-2-3-5-13(11)15-14/h2-5,15H,6-10H2,1H3. The predicted octanol–water partition coefficient (Wildman–Crippen LogP) is 2.17. The summed E-state index contributed by atoms with van der Waals surface area (Å²) in [7, 11) is 1.76. The molecule has 3 heteroatoms. The number of aromatic amines is 1. The van der Waals surface area contributed by atoms with Crippen molar-refractivity contribution in [2.75, 3.05) is 26.8 Å². The molecule has 3 rings (SSSR count). The Labute approximate surface area is 101 Å². The second kappa shape index (κ2) is 4.51. The van der Waals surface area contributed by atoms with Crippen LogP contribution in [0.2, 0.25) is 0 Å². The van der Waals surface area contributed by atoms with Crippen LogP contribution in [0.1, 0.15) is 11.3 Å². The van der Waals surface area contributed by atoms with Crippen LogP contribution in [0, 0.1) is 0 Å². The lowest BCUT2D eigenvalue weighted by molar-refractivity contribution is 0.141. The number of methoxy groups -OCH3 is 1. The maximum absolute atomic E-state index is 5.15. The number of benzene rings is 1. The van der Waals surface area contributed by atoms with Gasteiger partial charge < -0.3 is 9.72 Å². The van der Waals surface area contributed by atoms with Gasteiger partial charge in [0.2, 0.25) is 0 Å². The van der Waals surface area contributed by atoms with Crippen LogP contribution in [0.4, 0.5) is 0 Å². The quantitative estimate of drug-likeness (QED) is 0.875. The second-order valence-electron chi connectivity index (χ2n) is 4.65. The summed E-state index contributed by atoms with van der Waals surface area (Å²) >= 11 is 0. The fraction of sp³-hybridized carbons (Fsp3) is 0.429. The highest BCUT2D eigenvalue weighted by molar-refractivity contribution is 5.84. The lowest BCUT2D eigenvalue weighted by atomic mass is 10.0. The highest BCUT2D eigenvalue weighted by Gasteiger charge is 2.19. The molecule has 0 saturated heterocycles. The third-order valence-electron chi connectivity index (χ3n) is 3.57. The molecule has 1 aliphatic rings. The fourth-order valence-electron chi connectivity index (χ4n) is 2.63. The minimum Gasteiger partial charge on any atom is -0.383 e. The van der Waals surface area contributed by atoms with Gasteiger partial charge in [0.1, 0.15) is 0 Å². The lowest BCUT2D eigenvalue weighted by Crippen LogP contribution is -2.32. The first-order valence-corrected chi connectivity index (χ1v) is 6.18. The Bertz CT molecular complexity index is 518. The topological polar surface area (TPSA) is 28.3 Å². The number of aromatic nitrogens is 1. The molecule has 1 aromatic carbocycles. The van der Waals surface area contributed by atoms with Crippen molar-refractivity contribution in [3.63, 3.8) is 0 Å². The summed E-state index contributed by atoms with van der Waals surface area (Å²) in [5.74, 6) is 0. The van der Waals surface area contributed by atoms with Crippen molar-refractivity contribution in [1.82, 2.24) is 9.88 Å². The van der Waals surface area contributed by atoms with Crippen molar-refractivity contribution in [2.24, 2.45) is 0 Å². The van der Waals surface area contributed by atoms with Gasteiger partial charge in [-0.3, -0.25) is 4.90 Å². The van der Waals surface area contributed by atoms with E-state index in [-0.39, 0.29) is 0 Å². The van der Waals surface area contributed by atoms with Crippen LogP contribution >= 0.6 is 0 Å². The zero-order valence-corrected chi connectivity index (χ0v) is 10.2. The summed E-state index contributed by atoms with van der Waals surface area (Å²) in [5.41, 5.74) is 4.16. The van der Waals surface area contributed by atoms with Crippen molar-refractivity contribution in [1.29, 1.82) is 0 Å². The van der Waals surface area contributed by atoms with E-state index in [2.05, 4.69) is 34.1 Å². The number of rotatable bonds is 3. The number of H-pyrrole nitrogens is 1. The van der Waals surface area contributed by atoms with Crippen LogP contribution in [-0.4, -0.2) is 36.7 Å². The van der Waals surface area contributed by atoms with Crippen LogP contribution in [0.15, 0.2) is 24.3 Å². The maximum atomic E-state index is 5.15. The van der Waals surface area contributed by atoms with Crippen LogP contribution < -0.4 is 0 Å². The molecule has 0 bridgehead atoms. The van der Waals surface area contributed by atoms with E-state index < -0.39 is 0 Å². The van der Waals surface area contributed by atoms with E-state index in [1.165, 1.54) is 22.2 Å². The Balaban J connectivity index is 1.89. The summed E-state index contributed by atoms with van der Waals surface area (Å²) in [4.78, 5) is 6.00. The Morgan fingerprint density at radius 2 is 2.24 bits per heavy atom. The van der Waals surface area contributed by atoms with E-state index in [1.807, 2.05) is 0 Å². The van der Waals surface area contributed by atoms with Crippen molar-refractivity contribution in [3.8, 4) is 0 Å². The zero-order valence-electron chi connectivity index (χ0n) is 10.2. The third-order valence-corrected chi connectivity index (χ3v) is 3.57. The fourth-order valence-corrected chi connectivity index (χ4v) is 2.63. The predicted molar refractivity (Wildman–Crippen MR) is 69.2 cm³/mol. The SMILES string of the molecule is COCCN1CCc2[nH]c3ccccc3c2C1. The Morgan fingerprint density at radius 3 is 3.12 bits per heavy atom. The largest absolute Gasteiger partial charge is 0.383 e. The van der Waals surface area contributed by atoms with Gasteiger partial charge in [0.15, 0.2) is 0 Å². The Morgan fingerprint density at radius 1 is 1.35 bits per heavy atom. The number of fused-ring (bicyclic) bond motifs is 3. The normalized spacial score (nSPS) is 16.3. The van der Waals surface area contributed by atoms with Crippen molar-refractivity contribution < 1.29 is 4.74 Å². The Hall–Kier alpha value is -1.32. The van der Waals surface area contributed by atoms with Gasteiger partial charge in [0.25, 0.3) is 0 Å². The summed E-state index contributed by atoms with van der Waals surface area (Å²) in [5, 5.41) is 1.38. The molecule has 3 nitrogen and oxygen atoms in total. The van der Waals surface area contributed by atoms with E-state index in [0.29, 0.717) is 0 Å². The molecule has 0 spiro atoms. The number of hydrogen-bond donors (Lipinski definition) is 1. The van der Waals surface area contributed by atoms with Gasteiger partial charge in [-0.25, -0.2) is 0 Å². The molecule has 0 radical (unpaired) electrons. The molecule has 0 aliphatic carbocycles. The van der Waals surface area contributed by atoms with Crippen LogP contribution in [0.3, 0.4) is 0 Å². The number of nitrogens with zero attached hydrogens (tertiary/aromatic N) is 1. The molecule has 17 heavy (non-hydrogen) atoms. The van der Waals surface area contributed by atoms with Gasteiger partial charge in [-0.15, -0.1) is 0 Å². The molecule has 2 heterocycles. The first-order valence-electron chi connectivity index (χ1n) is 6.18. The molecule has 90 valence electrons.